The second kappa shape index (κ2) is 10.1. The topological polar surface area (TPSA) is 67.0 Å². The van der Waals surface area contributed by atoms with E-state index >= 15 is 0 Å². The van der Waals surface area contributed by atoms with Crippen molar-refractivity contribution in [2.24, 2.45) is 5.92 Å². The Hall–Kier alpha value is -2.66. The standard InChI is InChI=1S/C26H33N3O2/c1-18-25(26(30)31-19(2)22-11-14-27-15-12-22)23-16-20(8-9-24(23)29-18)10-13-28-17-21-6-4-3-5-7-21/h8-9,11-12,14-16,19,21,28-29H,3-7,10,13,17H2,1-2H3/t19-/m0/s1. The van der Waals surface area contributed by atoms with Gasteiger partial charge in [-0.1, -0.05) is 25.3 Å². The van der Waals surface area contributed by atoms with Crippen molar-refractivity contribution in [3.05, 3.63) is 65.1 Å². The van der Waals surface area contributed by atoms with Crippen LogP contribution in [0.25, 0.3) is 10.9 Å². The Balaban J connectivity index is 1.41. The minimum Gasteiger partial charge on any atom is -0.454 e. The molecular weight excluding hydrogens is 386 g/mol. The number of aromatic amines is 1. The molecule has 4 rings (SSSR count). The maximum Gasteiger partial charge on any atom is 0.341 e. The van der Waals surface area contributed by atoms with Crippen molar-refractivity contribution in [1.82, 2.24) is 15.3 Å². The zero-order valence-corrected chi connectivity index (χ0v) is 18.6. The molecule has 0 saturated heterocycles. The van der Waals surface area contributed by atoms with Gasteiger partial charge in [0.25, 0.3) is 0 Å². The molecule has 1 aliphatic carbocycles. The van der Waals surface area contributed by atoms with Crippen LogP contribution in [-0.4, -0.2) is 29.0 Å². The number of benzene rings is 1. The number of rotatable bonds is 8. The summed E-state index contributed by atoms with van der Waals surface area (Å²) in [6, 6.07) is 10.1. The van der Waals surface area contributed by atoms with E-state index in [-0.39, 0.29) is 12.1 Å². The Morgan fingerprint density at radius 2 is 1.97 bits per heavy atom. The van der Waals surface area contributed by atoms with Gasteiger partial charge >= 0.3 is 5.97 Å². The van der Waals surface area contributed by atoms with Crippen molar-refractivity contribution in [2.45, 2.75) is 58.5 Å². The smallest absolute Gasteiger partial charge is 0.341 e. The highest BCUT2D eigenvalue weighted by atomic mass is 16.5. The Kier molecular flexibility index (Phi) is 7.03. The van der Waals surface area contributed by atoms with Crippen molar-refractivity contribution in [1.29, 1.82) is 0 Å². The van der Waals surface area contributed by atoms with Gasteiger partial charge in [0.15, 0.2) is 0 Å². The number of H-pyrrole nitrogens is 1. The largest absolute Gasteiger partial charge is 0.454 e. The van der Waals surface area contributed by atoms with E-state index < -0.39 is 0 Å². The van der Waals surface area contributed by atoms with Crippen molar-refractivity contribution in [3.8, 4) is 0 Å². The summed E-state index contributed by atoms with van der Waals surface area (Å²) in [6.07, 6.45) is 11.0. The second-order valence-electron chi connectivity index (χ2n) is 8.79. The molecule has 2 heterocycles. The molecule has 1 atom stereocenters. The number of hydrogen-bond donors (Lipinski definition) is 2. The normalized spacial score (nSPS) is 15.8. The highest BCUT2D eigenvalue weighted by Gasteiger charge is 2.21. The molecule has 1 aromatic carbocycles. The number of carbonyl (C=O) groups is 1. The number of aromatic nitrogens is 2. The van der Waals surface area contributed by atoms with Gasteiger partial charge in [-0.05, 0) is 87.5 Å². The monoisotopic (exact) mass is 419 g/mol. The van der Waals surface area contributed by atoms with Crippen LogP contribution < -0.4 is 5.32 Å². The van der Waals surface area contributed by atoms with Gasteiger partial charge in [-0.25, -0.2) is 4.79 Å². The summed E-state index contributed by atoms with van der Waals surface area (Å²) in [5, 5.41) is 4.57. The summed E-state index contributed by atoms with van der Waals surface area (Å²) < 4.78 is 5.78. The molecule has 1 fully saturated rings. The fourth-order valence-electron chi connectivity index (χ4n) is 4.64. The van der Waals surface area contributed by atoms with E-state index in [1.54, 1.807) is 12.4 Å². The quantitative estimate of drug-likeness (QED) is 0.374. The fraction of sp³-hybridized carbons (Fsp3) is 0.462. The number of nitrogens with one attached hydrogen (secondary N) is 2. The summed E-state index contributed by atoms with van der Waals surface area (Å²) >= 11 is 0. The Bertz CT molecular complexity index is 1010. The molecule has 2 N–H and O–H groups in total. The molecule has 0 aliphatic heterocycles. The number of ether oxygens (including phenoxy) is 1. The molecule has 1 saturated carbocycles. The van der Waals surface area contributed by atoms with Crippen molar-refractivity contribution in [2.75, 3.05) is 13.1 Å². The van der Waals surface area contributed by atoms with E-state index in [0.29, 0.717) is 5.56 Å². The third-order valence-corrected chi connectivity index (χ3v) is 6.46. The number of nitrogens with zero attached hydrogens (tertiary/aromatic N) is 1. The zero-order chi connectivity index (χ0) is 21.6. The van der Waals surface area contributed by atoms with E-state index in [1.165, 1.54) is 37.7 Å². The number of carbonyl (C=O) groups excluding carboxylic acids is 1. The molecule has 0 radical (unpaired) electrons. The molecule has 5 nitrogen and oxygen atoms in total. The van der Waals surface area contributed by atoms with Crippen LogP contribution >= 0.6 is 0 Å². The first-order valence-corrected chi connectivity index (χ1v) is 11.5. The van der Waals surface area contributed by atoms with Crippen LogP contribution in [-0.2, 0) is 11.2 Å². The molecule has 3 aromatic rings. The van der Waals surface area contributed by atoms with Gasteiger partial charge in [-0.15, -0.1) is 0 Å². The van der Waals surface area contributed by atoms with Crippen molar-refractivity contribution in [3.63, 3.8) is 0 Å². The lowest BCUT2D eigenvalue weighted by Crippen LogP contribution is -2.26. The molecule has 2 aromatic heterocycles. The van der Waals surface area contributed by atoms with Crippen LogP contribution in [0.1, 0.15) is 72.3 Å². The molecular formula is C26H33N3O2. The summed E-state index contributed by atoms with van der Waals surface area (Å²) in [5.74, 6) is 0.549. The predicted molar refractivity (Wildman–Crippen MR) is 124 cm³/mol. The first-order valence-electron chi connectivity index (χ1n) is 11.5. The minimum atomic E-state index is -0.327. The number of pyridine rings is 1. The van der Waals surface area contributed by atoms with Crippen molar-refractivity contribution >= 4 is 16.9 Å². The van der Waals surface area contributed by atoms with Gasteiger partial charge in [0.1, 0.15) is 6.10 Å². The van der Waals surface area contributed by atoms with Gasteiger partial charge in [0.2, 0.25) is 0 Å². The summed E-state index contributed by atoms with van der Waals surface area (Å²) in [4.78, 5) is 20.4. The zero-order valence-electron chi connectivity index (χ0n) is 18.6. The second-order valence-corrected chi connectivity index (χ2v) is 8.79. The van der Waals surface area contributed by atoms with Crippen LogP contribution in [0, 0.1) is 12.8 Å². The van der Waals surface area contributed by atoms with Crippen LogP contribution in [0.5, 0.6) is 0 Å². The first-order chi connectivity index (χ1) is 15.1. The lowest BCUT2D eigenvalue weighted by atomic mass is 9.89. The van der Waals surface area contributed by atoms with E-state index in [0.717, 1.165) is 47.6 Å². The van der Waals surface area contributed by atoms with Gasteiger partial charge in [-0.2, -0.15) is 0 Å². The molecule has 31 heavy (non-hydrogen) atoms. The summed E-state index contributed by atoms with van der Waals surface area (Å²) in [7, 11) is 0. The van der Waals surface area contributed by atoms with E-state index in [2.05, 4.69) is 33.5 Å². The first kappa shape index (κ1) is 21.6. The Morgan fingerprint density at radius 1 is 1.19 bits per heavy atom. The number of aryl methyl sites for hydroxylation is 1. The van der Waals surface area contributed by atoms with Gasteiger partial charge < -0.3 is 15.0 Å². The number of esters is 1. The van der Waals surface area contributed by atoms with Crippen LogP contribution in [0.2, 0.25) is 0 Å². The lowest BCUT2D eigenvalue weighted by molar-refractivity contribution is 0.0339. The van der Waals surface area contributed by atoms with E-state index in [9.17, 15) is 4.79 Å². The SMILES string of the molecule is Cc1[nH]c2ccc(CCNCC3CCCCC3)cc2c1C(=O)O[C@@H](C)c1ccncc1. The molecule has 0 spiro atoms. The van der Waals surface area contributed by atoms with Crippen LogP contribution in [0.3, 0.4) is 0 Å². The van der Waals surface area contributed by atoms with Gasteiger partial charge in [-0.3, -0.25) is 4.98 Å². The predicted octanol–water partition coefficient (Wildman–Crippen LogP) is 5.50. The molecule has 1 aliphatic rings. The summed E-state index contributed by atoms with van der Waals surface area (Å²) in [5.41, 5.74) is 4.62. The summed E-state index contributed by atoms with van der Waals surface area (Å²) in [6.45, 7) is 5.90. The molecule has 164 valence electrons. The Labute approximate surface area is 184 Å². The highest BCUT2D eigenvalue weighted by molar-refractivity contribution is 6.05. The Morgan fingerprint density at radius 3 is 2.74 bits per heavy atom. The third-order valence-electron chi connectivity index (χ3n) is 6.46. The fourth-order valence-corrected chi connectivity index (χ4v) is 4.64. The third kappa shape index (κ3) is 5.34. The maximum absolute atomic E-state index is 13.0. The number of fused-ring (bicyclic) bond motifs is 1. The molecule has 0 amide bonds. The average Bonchev–Trinajstić information content (AvgIpc) is 3.13. The van der Waals surface area contributed by atoms with Gasteiger partial charge in [0.05, 0.1) is 5.56 Å². The van der Waals surface area contributed by atoms with Crippen molar-refractivity contribution < 1.29 is 9.53 Å². The van der Waals surface area contributed by atoms with Gasteiger partial charge in [0, 0.05) is 29.0 Å². The molecule has 0 unspecified atom stereocenters. The van der Waals surface area contributed by atoms with E-state index in [1.807, 2.05) is 26.0 Å². The molecule has 0 bridgehead atoms. The maximum atomic E-state index is 13.0. The lowest BCUT2D eigenvalue weighted by Gasteiger charge is -2.21. The highest BCUT2D eigenvalue weighted by Crippen LogP contribution is 2.27. The molecule has 5 heteroatoms. The van der Waals surface area contributed by atoms with Crippen LogP contribution in [0.4, 0.5) is 0 Å². The minimum absolute atomic E-state index is 0.291. The average molecular weight is 420 g/mol. The van der Waals surface area contributed by atoms with E-state index in [4.69, 9.17) is 4.74 Å². The van der Waals surface area contributed by atoms with Crippen LogP contribution in [0.15, 0.2) is 42.7 Å². The number of hydrogen-bond acceptors (Lipinski definition) is 4.